The van der Waals surface area contributed by atoms with Crippen molar-refractivity contribution in [3.63, 3.8) is 0 Å². The average molecular weight is 240 g/mol. The number of nitrogens with one attached hydrogen (secondary N) is 1. The summed E-state index contributed by atoms with van der Waals surface area (Å²) >= 11 is 0. The molecule has 0 saturated heterocycles. The van der Waals surface area contributed by atoms with Crippen molar-refractivity contribution in [2.24, 2.45) is 5.92 Å². The van der Waals surface area contributed by atoms with Crippen LogP contribution in [0.1, 0.15) is 18.4 Å². The molecule has 0 bridgehead atoms. The molecule has 0 heterocycles. The minimum absolute atomic E-state index is 0.352. The maximum Gasteiger partial charge on any atom is 0.407 e. The van der Waals surface area contributed by atoms with Crippen LogP contribution in [0.25, 0.3) is 4.85 Å². The van der Waals surface area contributed by atoms with Gasteiger partial charge in [-0.15, -0.1) is 0 Å². The van der Waals surface area contributed by atoms with Gasteiger partial charge in [0.2, 0.25) is 0 Å². The zero-order chi connectivity index (χ0) is 12.5. The molecule has 2 nitrogen and oxygen atoms in total. The molecule has 1 aromatic rings. The predicted octanol–water partition coefficient (Wildman–Crippen LogP) is 4.08. The number of hydrogen-bond acceptors (Lipinski definition) is 1. The Morgan fingerprint density at radius 1 is 1.35 bits per heavy atom. The van der Waals surface area contributed by atoms with Crippen LogP contribution >= 0.6 is 0 Å². The summed E-state index contributed by atoms with van der Waals surface area (Å²) in [6.45, 7) is 7.42. The standard InChI is InChI=1S/C12H11F3N2/c1-16-11-5-4-9(17-7-8-2-3-8)6-10(11)12(13,14)15/h4-6,8,17H,2-3,7H2. The van der Waals surface area contributed by atoms with E-state index in [0.717, 1.165) is 18.9 Å². The number of nitrogens with zero attached hydrogens (tertiary/aromatic N) is 1. The van der Waals surface area contributed by atoms with Gasteiger partial charge in [0.15, 0.2) is 5.69 Å². The lowest BCUT2D eigenvalue weighted by Gasteiger charge is -2.12. The first kappa shape index (κ1) is 11.8. The van der Waals surface area contributed by atoms with E-state index in [1.54, 1.807) is 0 Å². The van der Waals surface area contributed by atoms with Crippen LogP contribution in [0, 0.1) is 12.5 Å². The van der Waals surface area contributed by atoms with Gasteiger partial charge >= 0.3 is 6.18 Å². The van der Waals surface area contributed by atoms with Crippen LogP contribution < -0.4 is 5.32 Å². The van der Waals surface area contributed by atoms with Gasteiger partial charge in [0.05, 0.1) is 12.1 Å². The van der Waals surface area contributed by atoms with Gasteiger partial charge in [-0.3, -0.25) is 0 Å². The Labute approximate surface area is 97.3 Å². The van der Waals surface area contributed by atoms with Crippen molar-refractivity contribution in [3.8, 4) is 0 Å². The zero-order valence-corrected chi connectivity index (χ0v) is 9.01. The summed E-state index contributed by atoms with van der Waals surface area (Å²) in [4.78, 5) is 2.89. The highest BCUT2D eigenvalue weighted by molar-refractivity contribution is 5.61. The van der Waals surface area contributed by atoms with Crippen LogP contribution in [0.15, 0.2) is 18.2 Å². The lowest BCUT2D eigenvalue weighted by molar-refractivity contribution is -0.136. The molecular formula is C12H11F3N2. The molecule has 1 aromatic carbocycles. The minimum atomic E-state index is -4.48. The first-order valence-electron chi connectivity index (χ1n) is 5.33. The minimum Gasteiger partial charge on any atom is -0.385 e. The summed E-state index contributed by atoms with van der Waals surface area (Å²) in [6, 6.07) is 3.74. The molecule has 1 aliphatic carbocycles. The van der Waals surface area contributed by atoms with Gasteiger partial charge in [-0.1, -0.05) is 6.07 Å². The quantitative estimate of drug-likeness (QED) is 0.787. The second kappa shape index (κ2) is 4.28. The third-order valence-electron chi connectivity index (χ3n) is 2.71. The van der Waals surface area contributed by atoms with Crippen molar-refractivity contribution in [2.45, 2.75) is 19.0 Å². The maximum absolute atomic E-state index is 12.7. The molecule has 0 aromatic heterocycles. The second-order valence-corrected chi connectivity index (χ2v) is 4.17. The SMILES string of the molecule is [C-]#[N+]c1ccc(NCC2CC2)cc1C(F)(F)F. The Bertz CT molecular complexity index is 456. The van der Waals surface area contributed by atoms with E-state index in [2.05, 4.69) is 10.2 Å². The summed E-state index contributed by atoms with van der Waals surface area (Å²) in [7, 11) is 0. The predicted molar refractivity (Wildman–Crippen MR) is 58.9 cm³/mol. The smallest absolute Gasteiger partial charge is 0.385 e. The number of anilines is 1. The van der Waals surface area contributed by atoms with Crippen LogP contribution in [0.5, 0.6) is 0 Å². The summed E-state index contributed by atoms with van der Waals surface area (Å²) in [5.74, 6) is 0.588. The van der Waals surface area contributed by atoms with E-state index in [4.69, 9.17) is 6.57 Å². The third-order valence-corrected chi connectivity index (χ3v) is 2.71. The maximum atomic E-state index is 12.7. The van der Waals surface area contributed by atoms with Gasteiger partial charge in [0.1, 0.15) is 0 Å². The van der Waals surface area contributed by atoms with Gasteiger partial charge in [0.25, 0.3) is 0 Å². The molecule has 1 aliphatic rings. The monoisotopic (exact) mass is 240 g/mol. The molecule has 0 amide bonds. The number of hydrogen-bond donors (Lipinski definition) is 1. The van der Waals surface area contributed by atoms with Gasteiger partial charge in [-0.2, -0.15) is 13.2 Å². The highest BCUT2D eigenvalue weighted by Crippen LogP contribution is 2.38. The van der Waals surface area contributed by atoms with Crippen LogP contribution in [0.3, 0.4) is 0 Å². The molecule has 1 saturated carbocycles. The molecular weight excluding hydrogens is 229 g/mol. The van der Waals surface area contributed by atoms with E-state index < -0.39 is 11.7 Å². The van der Waals surface area contributed by atoms with Crippen LogP contribution in [-0.2, 0) is 6.18 Å². The van der Waals surface area contributed by atoms with E-state index in [1.165, 1.54) is 12.1 Å². The Kier molecular flexibility index (Phi) is 2.97. The summed E-state index contributed by atoms with van der Waals surface area (Å²) in [5, 5.41) is 2.97. The van der Waals surface area contributed by atoms with E-state index in [0.29, 0.717) is 18.2 Å². The first-order chi connectivity index (χ1) is 8.00. The fourth-order valence-electron chi connectivity index (χ4n) is 1.55. The van der Waals surface area contributed by atoms with E-state index in [1.807, 2.05) is 0 Å². The molecule has 5 heteroatoms. The van der Waals surface area contributed by atoms with Crippen molar-refractivity contribution < 1.29 is 13.2 Å². The average Bonchev–Trinajstić information content (AvgIpc) is 3.08. The molecule has 0 unspecified atom stereocenters. The van der Waals surface area contributed by atoms with Crippen LogP contribution in [-0.4, -0.2) is 6.54 Å². The van der Waals surface area contributed by atoms with Gasteiger partial charge in [-0.05, 0) is 30.9 Å². The lowest BCUT2D eigenvalue weighted by atomic mass is 10.1. The molecule has 17 heavy (non-hydrogen) atoms. The van der Waals surface area contributed by atoms with Gasteiger partial charge in [0, 0.05) is 12.2 Å². The molecule has 90 valence electrons. The first-order valence-corrected chi connectivity index (χ1v) is 5.33. The molecule has 0 aliphatic heterocycles. The summed E-state index contributed by atoms with van der Waals surface area (Å²) in [6.07, 6.45) is -2.20. The van der Waals surface area contributed by atoms with Crippen molar-refractivity contribution >= 4 is 11.4 Å². The van der Waals surface area contributed by atoms with E-state index >= 15 is 0 Å². The van der Waals surface area contributed by atoms with Gasteiger partial charge in [-0.25, -0.2) is 4.85 Å². The number of benzene rings is 1. The van der Waals surface area contributed by atoms with Crippen LogP contribution in [0.4, 0.5) is 24.5 Å². The van der Waals surface area contributed by atoms with E-state index in [9.17, 15) is 13.2 Å². The number of rotatable bonds is 3. The number of halogens is 3. The Morgan fingerprint density at radius 2 is 2.06 bits per heavy atom. The Balaban J connectivity index is 2.21. The van der Waals surface area contributed by atoms with E-state index in [-0.39, 0.29) is 5.69 Å². The lowest BCUT2D eigenvalue weighted by Crippen LogP contribution is -2.08. The fourth-order valence-corrected chi connectivity index (χ4v) is 1.55. The largest absolute Gasteiger partial charge is 0.407 e. The summed E-state index contributed by atoms with van der Waals surface area (Å²) < 4.78 is 38.0. The molecule has 1 fully saturated rings. The summed E-state index contributed by atoms with van der Waals surface area (Å²) in [5.41, 5.74) is -0.792. The zero-order valence-electron chi connectivity index (χ0n) is 9.01. The normalized spacial score (nSPS) is 15.4. The van der Waals surface area contributed by atoms with Gasteiger partial charge < -0.3 is 5.32 Å². The Morgan fingerprint density at radius 3 is 2.59 bits per heavy atom. The molecule has 0 radical (unpaired) electrons. The Hall–Kier alpha value is -1.70. The third kappa shape index (κ3) is 2.90. The van der Waals surface area contributed by atoms with Crippen molar-refractivity contribution in [1.29, 1.82) is 0 Å². The van der Waals surface area contributed by atoms with Crippen molar-refractivity contribution in [1.82, 2.24) is 0 Å². The van der Waals surface area contributed by atoms with Crippen molar-refractivity contribution in [3.05, 3.63) is 35.2 Å². The molecule has 0 atom stereocenters. The second-order valence-electron chi connectivity index (χ2n) is 4.17. The molecule has 2 rings (SSSR count). The van der Waals surface area contributed by atoms with Crippen molar-refractivity contribution in [2.75, 3.05) is 11.9 Å². The highest BCUT2D eigenvalue weighted by Gasteiger charge is 2.33. The number of alkyl halides is 3. The molecule has 0 spiro atoms. The highest BCUT2D eigenvalue weighted by atomic mass is 19.4. The fraction of sp³-hybridized carbons (Fsp3) is 0.417. The topological polar surface area (TPSA) is 16.4 Å². The molecule has 1 N–H and O–H groups in total. The van der Waals surface area contributed by atoms with Crippen LogP contribution in [0.2, 0.25) is 0 Å².